The molecule has 0 radical (unpaired) electrons. The third-order valence-electron chi connectivity index (χ3n) is 2.59. The lowest BCUT2D eigenvalue weighted by Crippen LogP contribution is -2.42. The van der Waals surface area contributed by atoms with E-state index in [2.05, 4.69) is 0 Å². The molecule has 0 saturated carbocycles. The van der Waals surface area contributed by atoms with Gasteiger partial charge in [0.1, 0.15) is 0 Å². The van der Waals surface area contributed by atoms with E-state index < -0.39 is 17.6 Å². The SMILES string of the molecule is CCO[Si](C)(OCC)OCC.CC[Si](OC)(OC)OC. The normalized spacial score (nSPS) is 12.0. The van der Waals surface area contributed by atoms with Gasteiger partial charge >= 0.3 is 17.6 Å². The standard InChI is InChI=1S/C7H18O3Si.C5H14O3Si/c1-5-8-11(4,9-6-2)10-7-3;1-5-9(6-2,7-3)8-4/h5-7H2,1-4H3;5H2,1-4H3. The number of hydrogen-bond acceptors (Lipinski definition) is 6. The second-order valence-corrected chi connectivity index (χ2v) is 9.70. The Morgan fingerprint density at radius 3 is 1.05 bits per heavy atom. The van der Waals surface area contributed by atoms with Crippen molar-refractivity contribution in [2.45, 2.75) is 40.3 Å². The summed E-state index contributed by atoms with van der Waals surface area (Å²) in [5.74, 6) is 0. The fourth-order valence-corrected chi connectivity index (χ4v) is 4.78. The summed E-state index contributed by atoms with van der Waals surface area (Å²) in [5.41, 5.74) is 0. The van der Waals surface area contributed by atoms with Crippen molar-refractivity contribution in [3.63, 3.8) is 0 Å². The van der Waals surface area contributed by atoms with Crippen LogP contribution in [0.3, 0.4) is 0 Å². The van der Waals surface area contributed by atoms with Crippen molar-refractivity contribution in [3.05, 3.63) is 0 Å². The Bertz CT molecular complexity index is 180. The Morgan fingerprint density at radius 1 is 0.650 bits per heavy atom. The monoisotopic (exact) mass is 328 g/mol. The third kappa shape index (κ3) is 9.19. The molecule has 124 valence electrons. The van der Waals surface area contributed by atoms with Crippen LogP contribution >= 0.6 is 0 Å². The van der Waals surface area contributed by atoms with Crippen molar-refractivity contribution in [1.29, 1.82) is 0 Å². The van der Waals surface area contributed by atoms with Gasteiger partial charge in [0.25, 0.3) is 0 Å². The maximum atomic E-state index is 5.40. The molecule has 0 amide bonds. The van der Waals surface area contributed by atoms with E-state index in [1.54, 1.807) is 21.3 Å². The molecule has 0 N–H and O–H groups in total. The minimum Gasteiger partial charge on any atom is -0.377 e. The van der Waals surface area contributed by atoms with Gasteiger partial charge in [0.05, 0.1) is 0 Å². The fraction of sp³-hybridized carbons (Fsp3) is 1.00. The second kappa shape index (κ2) is 12.9. The molecule has 0 spiro atoms. The molecule has 0 rings (SSSR count). The van der Waals surface area contributed by atoms with Gasteiger partial charge in [0.2, 0.25) is 0 Å². The Hall–Kier alpha value is 0.194. The van der Waals surface area contributed by atoms with Crippen LogP contribution in [0.15, 0.2) is 0 Å². The molecule has 0 saturated heterocycles. The average Bonchev–Trinajstić information content (AvgIpc) is 2.43. The molecule has 0 atom stereocenters. The molecule has 6 nitrogen and oxygen atoms in total. The summed E-state index contributed by atoms with van der Waals surface area (Å²) < 4.78 is 31.5. The van der Waals surface area contributed by atoms with Crippen LogP contribution in [0.25, 0.3) is 0 Å². The third-order valence-corrected chi connectivity index (χ3v) is 7.76. The Labute approximate surface area is 126 Å². The first-order chi connectivity index (χ1) is 9.42. The van der Waals surface area contributed by atoms with Gasteiger partial charge < -0.3 is 26.6 Å². The highest BCUT2D eigenvalue weighted by Crippen LogP contribution is 2.10. The number of hydrogen-bond donors (Lipinski definition) is 0. The molecular formula is C12H32O6Si2. The van der Waals surface area contributed by atoms with Crippen LogP contribution in [-0.2, 0) is 26.6 Å². The second-order valence-electron chi connectivity index (χ2n) is 3.81. The summed E-state index contributed by atoms with van der Waals surface area (Å²) in [6, 6.07) is 0.816. The predicted molar refractivity (Wildman–Crippen MR) is 83.8 cm³/mol. The van der Waals surface area contributed by atoms with Crippen molar-refractivity contribution in [2.24, 2.45) is 0 Å². The molecule has 0 aliphatic carbocycles. The van der Waals surface area contributed by atoms with E-state index in [0.717, 1.165) is 6.04 Å². The summed E-state index contributed by atoms with van der Waals surface area (Å²) in [6.07, 6.45) is 0. The highest BCUT2D eigenvalue weighted by atomic mass is 28.4. The van der Waals surface area contributed by atoms with Crippen molar-refractivity contribution >= 4 is 17.6 Å². The van der Waals surface area contributed by atoms with Crippen molar-refractivity contribution < 1.29 is 26.6 Å². The zero-order valence-electron chi connectivity index (χ0n) is 14.3. The van der Waals surface area contributed by atoms with E-state index in [9.17, 15) is 0 Å². The molecule has 0 bridgehead atoms. The van der Waals surface area contributed by atoms with Gasteiger partial charge in [0, 0.05) is 53.7 Å². The quantitative estimate of drug-likeness (QED) is 0.575. The maximum absolute atomic E-state index is 5.40. The summed E-state index contributed by atoms with van der Waals surface area (Å²) >= 11 is 0. The minimum absolute atomic E-state index is 0.655. The lowest BCUT2D eigenvalue weighted by Gasteiger charge is -2.23. The Kier molecular flexibility index (Phi) is 14.5. The molecule has 0 aromatic carbocycles. The summed E-state index contributed by atoms with van der Waals surface area (Å²) in [4.78, 5) is 0. The minimum atomic E-state index is -2.25. The summed E-state index contributed by atoms with van der Waals surface area (Å²) in [7, 11) is 0.401. The number of rotatable bonds is 10. The molecule has 0 aliphatic rings. The fourth-order valence-electron chi connectivity index (χ4n) is 1.59. The van der Waals surface area contributed by atoms with Crippen LogP contribution in [0.4, 0.5) is 0 Å². The smallest absolute Gasteiger partial charge is 0.377 e. The Morgan fingerprint density at radius 2 is 0.950 bits per heavy atom. The van der Waals surface area contributed by atoms with Crippen molar-refractivity contribution in [1.82, 2.24) is 0 Å². The van der Waals surface area contributed by atoms with Crippen LogP contribution < -0.4 is 0 Å². The summed E-state index contributed by atoms with van der Waals surface area (Å²) in [5, 5.41) is 0. The molecule has 0 fully saturated rings. The first-order valence-electron chi connectivity index (χ1n) is 7.00. The molecule has 0 aromatic rings. The van der Waals surface area contributed by atoms with E-state index in [1.807, 2.05) is 34.2 Å². The van der Waals surface area contributed by atoms with E-state index >= 15 is 0 Å². The molecule has 0 aliphatic heterocycles. The highest BCUT2D eigenvalue weighted by Gasteiger charge is 2.34. The van der Waals surface area contributed by atoms with E-state index in [4.69, 9.17) is 26.6 Å². The highest BCUT2D eigenvalue weighted by molar-refractivity contribution is 6.60. The zero-order valence-corrected chi connectivity index (χ0v) is 16.3. The van der Waals surface area contributed by atoms with Gasteiger partial charge in [-0.2, -0.15) is 0 Å². The van der Waals surface area contributed by atoms with Crippen molar-refractivity contribution in [2.75, 3.05) is 41.2 Å². The van der Waals surface area contributed by atoms with Crippen LogP contribution in [0.1, 0.15) is 27.7 Å². The summed E-state index contributed by atoms with van der Waals surface area (Å²) in [6.45, 7) is 11.7. The van der Waals surface area contributed by atoms with Crippen LogP contribution in [0.5, 0.6) is 0 Å². The zero-order chi connectivity index (χ0) is 16.1. The average molecular weight is 329 g/mol. The lowest BCUT2D eigenvalue weighted by molar-refractivity contribution is 0.0783. The molecule has 8 heteroatoms. The first-order valence-corrected chi connectivity index (χ1v) is 11.2. The van der Waals surface area contributed by atoms with Gasteiger partial charge in [-0.05, 0) is 20.8 Å². The van der Waals surface area contributed by atoms with Gasteiger partial charge in [-0.25, -0.2) is 0 Å². The van der Waals surface area contributed by atoms with Crippen molar-refractivity contribution in [3.8, 4) is 0 Å². The molecule has 20 heavy (non-hydrogen) atoms. The van der Waals surface area contributed by atoms with E-state index in [1.165, 1.54) is 0 Å². The van der Waals surface area contributed by atoms with E-state index in [0.29, 0.717) is 19.8 Å². The Balaban J connectivity index is 0. The topological polar surface area (TPSA) is 55.4 Å². The van der Waals surface area contributed by atoms with Crippen LogP contribution in [0, 0.1) is 0 Å². The van der Waals surface area contributed by atoms with Gasteiger partial charge in [-0.15, -0.1) is 0 Å². The van der Waals surface area contributed by atoms with Crippen LogP contribution in [0.2, 0.25) is 12.6 Å². The van der Waals surface area contributed by atoms with E-state index in [-0.39, 0.29) is 0 Å². The van der Waals surface area contributed by atoms with Gasteiger partial charge in [-0.1, -0.05) is 6.92 Å². The first kappa shape index (κ1) is 22.5. The molecular weight excluding hydrogens is 296 g/mol. The van der Waals surface area contributed by atoms with Crippen LogP contribution in [-0.4, -0.2) is 58.8 Å². The lowest BCUT2D eigenvalue weighted by atomic mass is 10.9. The largest absolute Gasteiger partial charge is 0.499 e. The van der Waals surface area contributed by atoms with Gasteiger partial charge in [-0.3, -0.25) is 0 Å². The maximum Gasteiger partial charge on any atom is 0.499 e. The van der Waals surface area contributed by atoms with Gasteiger partial charge in [0.15, 0.2) is 0 Å². The molecule has 0 unspecified atom stereocenters. The molecule has 0 aromatic heterocycles. The predicted octanol–water partition coefficient (Wildman–Crippen LogP) is 2.55. The molecule has 0 heterocycles.